The summed E-state index contributed by atoms with van der Waals surface area (Å²) < 4.78 is 6.95. The monoisotopic (exact) mass is 318 g/mol. The normalized spacial score (nSPS) is 9.57. The average molecular weight is 320 g/mol. The summed E-state index contributed by atoms with van der Waals surface area (Å²) in [4.78, 5) is 0. The summed E-state index contributed by atoms with van der Waals surface area (Å²) in [6, 6.07) is 3.63. The summed E-state index contributed by atoms with van der Waals surface area (Å²) in [5.41, 5.74) is 0.696. The molecule has 2 nitrogen and oxygen atoms in total. The maximum absolute atomic E-state index is 9.09. The molecule has 0 aliphatic rings. The van der Waals surface area contributed by atoms with Gasteiger partial charge in [-0.2, -0.15) is 0 Å². The first kappa shape index (κ1) is 11.6. The van der Waals surface area contributed by atoms with Gasteiger partial charge in [0.15, 0.2) is 0 Å². The first-order chi connectivity index (χ1) is 6.69. The highest BCUT2D eigenvalue weighted by molar-refractivity contribution is 9.11. The van der Waals surface area contributed by atoms with Gasteiger partial charge in [-0.15, -0.1) is 6.42 Å². The van der Waals surface area contributed by atoms with Crippen molar-refractivity contribution >= 4 is 31.9 Å². The highest BCUT2D eigenvalue weighted by Gasteiger charge is 2.08. The quantitative estimate of drug-likeness (QED) is 0.868. The molecule has 0 radical (unpaired) electrons. The second-order valence-corrected chi connectivity index (χ2v) is 4.30. The van der Waals surface area contributed by atoms with E-state index in [1.54, 1.807) is 6.07 Å². The Labute approximate surface area is 99.5 Å². The zero-order valence-corrected chi connectivity index (χ0v) is 10.4. The van der Waals surface area contributed by atoms with Crippen LogP contribution in [-0.2, 0) is 6.61 Å². The van der Waals surface area contributed by atoms with Crippen LogP contribution in [0.25, 0.3) is 0 Å². The molecule has 1 aromatic rings. The van der Waals surface area contributed by atoms with Gasteiger partial charge in [0.2, 0.25) is 0 Å². The SMILES string of the molecule is C#CCOc1c(Br)cc(Br)cc1CO. The van der Waals surface area contributed by atoms with E-state index < -0.39 is 0 Å². The number of aliphatic hydroxyl groups is 1. The summed E-state index contributed by atoms with van der Waals surface area (Å²) in [5, 5.41) is 9.09. The lowest BCUT2D eigenvalue weighted by molar-refractivity contribution is 0.270. The molecule has 0 heterocycles. The summed E-state index contributed by atoms with van der Waals surface area (Å²) in [7, 11) is 0. The first-order valence-corrected chi connectivity index (χ1v) is 5.42. The molecule has 0 fully saturated rings. The standard InChI is InChI=1S/C10H8Br2O2/c1-2-3-14-10-7(6-13)4-8(11)5-9(10)12/h1,4-5,13H,3,6H2. The van der Waals surface area contributed by atoms with E-state index in [0.29, 0.717) is 11.3 Å². The van der Waals surface area contributed by atoms with Crippen molar-refractivity contribution in [3.05, 3.63) is 26.6 Å². The molecule has 0 bridgehead atoms. The molecule has 74 valence electrons. The van der Waals surface area contributed by atoms with Gasteiger partial charge in [-0.25, -0.2) is 0 Å². The molecule has 0 unspecified atom stereocenters. The van der Waals surface area contributed by atoms with E-state index in [1.165, 1.54) is 0 Å². The van der Waals surface area contributed by atoms with Crippen LogP contribution in [0.5, 0.6) is 5.75 Å². The van der Waals surface area contributed by atoms with Crippen molar-refractivity contribution in [2.75, 3.05) is 6.61 Å². The van der Waals surface area contributed by atoms with E-state index in [4.69, 9.17) is 16.3 Å². The highest BCUT2D eigenvalue weighted by Crippen LogP contribution is 2.32. The van der Waals surface area contributed by atoms with Gasteiger partial charge in [0.1, 0.15) is 12.4 Å². The average Bonchev–Trinajstić information content (AvgIpc) is 2.15. The van der Waals surface area contributed by atoms with Crippen LogP contribution < -0.4 is 4.74 Å². The van der Waals surface area contributed by atoms with Crippen LogP contribution in [-0.4, -0.2) is 11.7 Å². The Morgan fingerprint density at radius 3 is 2.71 bits per heavy atom. The Morgan fingerprint density at radius 1 is 1.43 bits per heavy atom. The molecule has 1 aromatic carbocycles. The van der Waals surface area contributed by atoms with Crippen LogP contribution in [0.3, 0.4) is 0 Å². The molecule has 14 heavy (non-hydrogen) atoms. The molecule has 0 spiro atoms. The zero-order valence-electron chi connectivity index (χ0n) is 7.26. The van der Waals surface area contributed by atoms with Gasteiger partial charge in [0.25, 0.3) is 0 Å². The fourth-order valence-electron chi connectivity index (χ4n) is 1.01. The Bertz CT molecular complexity index is 369. The van der Waals surface area contributed by atoms with Gasteiger partial charge in [-0.1, -0.05) is 21.9 Å². The van der Waals surface area contributed by atoms with Gasteiger partial charge in [-0.3, -0.25) is 0 Å². The lowest BCUT2D eigenvalue weighted by atomic mass is 10.2. The molecule has 0 aliphatic carbocycles. The summed E-state index contributed by atoms with van der Waals surface area (Å²) >= 11 is 6.65. The topological polar surface area (TPSA) is 29.5 Å². The van der Waals surface area contributed by atoms with E-state index in [1.807, 2.05) is 6.07 Å². The number of halogens is 2. The Hall–Kier alpha value is -0.500. The molecular formula is C10H8Br2O2. The third-order valence-electron chi connectivity index (χ3n) is 1.56. The van der Waals surface area contributed by atoms with E-state index in [9.17, 15) is 0 Å². The Kier molecular flexibility index (Phi) is 4.46. The fraction of sp³-hybridized carbons (Fsp3) is 0.200. The van der Waals surface area contributed by atoms with E-state index in [-0.39, 0.29) is 13.2 Å². The van der Waals surface area contributed by atoms with Crippen molar-refractivity contribution in [3.8, 4) is 18.1 Å². The van der Waals surface area contributed by atoms with Crippen LogP contribution in [0.1, 0.15) is 5.56 Å². The molecule has 0 aromatic heterocycles. The van der Waals surface area contributed by atoms with Crippen LogP contribution in [0, 0.1) is 12.3 Å². The predicted molar refractivity (Wildman–Crippen MR) is 62.1 cm³/mol. The first-order valence-electron chi connectivity index (χ1n) is 3.84. The molecule has 4 heteroatoms. The molecule has 0 atom stereocenters. The van der Waals surface area contributed by atoms with Crippen molar-refractivity contribution in [1.29, 1.82) is 0 Å². The smallest absolute Gasteiger partial charge is 0.148 e. The van der Waals surface area contributed by atoms with Crippen LogP contribution >= 0.6 is 31.9 Å². The van der Waals surface area contributed by atoms with Crippen LogP contribution in [0.2, 0.25) is 0 Å². The number of rotatable bonds is 3. The van der Waals surface area contributed by atoms with Gasteiger partial charge >= 0.3 is 0 Å². The number of ether oxygens (including phenoxy) is 1. The molecule has 0 amide bonds. The Balaban J connectivity index is 3.06. The third kappa shape index (κ3) is 2.74. The minimum absolute atomic E-state index is 0.0854. The van der Waals surface area contributed by atoms with E-state index in [2.05, 4.69) is 37.8 Å². The van der Waals surface area contributed by atoms with Crippen molar-refractivity contribution in [3.63, 3.8) is 0 Å². The Morgan fingerprint density at radius 2 is 2.14 bits per heavy atom. The minimum Gasteiger partial charge on any atom is -0.479 e. The van der Waals surface area contributed by atoms with Crippen LogP contribution in [0.4, 0.5) is 0 Å². The number of hydrogen-bond acceptors (Lipinski definition) is 2. The largest absolute Gasteiger partial charge is 0.479 e. The van der Waals surface area contributed by atoms with Crippen molar-refractivity contribution < 1.29 is 9.84 Å². The van der Waals surface area contributed by atoms with Gasteiger partial charge < -0.3 is 9.84 Å². The highest BCUT2D eigenvalue weighted by atomic mass is 79.9. The molecule has 0 saturated carbocycles. The van der Waals surface area contributed by atoms with Gasteiger partial charge in [-0.05, 0) is 28.1 Å². The van der Waals surface area contributed by atoms with Crippen LogP contribution in [0.15, 0.2) is 21.1 Å². The van der Waals surface area contributed by atoms with Crippen molar-refractivity contribution in [2.45, 2.75) is 6.61 Å². The summed E-state index contributed by atoms with van der Waals surface area (Å²) in [6.45, 7) is 0.102. The third-order valence-corrected chi connectivity index (χ3v) is 2.60. The van der Waals surface area contributed by atoms with Crippen molar-refractivity contribution in [1.82, 2.24) is 0 Å². The maximum Gasteiger partial charge on any atom is 0.148 e. The summed E-state index contributed by atoms with van der Waals surface area (Å²) in [6.07, 6.45) is 5.09. The maximum atomic E-state index is 9.09. The number of hydrogen-bond donors (Lipinski definition) is 1. The minimum atomic E-state index is -0.0854. The van der Waals surface area contributed by atoms with Gasteiger partial charge in [0.05, 0.1) is 11.1 Å². The molecular weight excluding hydrogens is 312 g/mol. The summed E-state index contributed by atoms with van der Waals surface area (Å²) in [5.74, 6) is 2.96. The van der Waals surface area contributed by atoms with Gasteiger partial charge in [0, 0.05) is 10.0 Å². The van der Waals surface area contributed by atoms with E-state index in [0.717, 1.165) is 8.95 Å². The molecule has 0 saturated heterocycles. The molecule has 1 rings (SSSR count). The fourth-order valence-corrected chi connectivity index (χ4v) is 2.43. The second kappa shape index (κ2) is 5.40. The zero-order chi connectivity index (χ0) is 10.6. The predicted octanol–water partition coefficient (Wildman–Crippen LogP) is 2.72. The number of terminal acetylenes is 1. The van der Waals surface area contributed by atoms with E-state index >= 15 is 0 Å². The molecule has 1 N–H and O–H groups in total. The lowest BCUT2D eigenvalue weighted by Crippen LogP contribution is -1.99. The second-order valence-electron chi connectivity index (χ2n) is 2.53. The molecule has 0 aliphatic heterocycles. The number of benzene rings is 1. The lowest BCUT2D eigenvalue weighted by Gasteiger charge is -2.10. The van der Waals surface area contributed by atoms with Crippen molar-refractivity contribution in [2.24, 2.45) is 0 Å². The number of aliphatic hydroxyl groups excluding tert-OH is 1.